The lowest BCUT2D eigenvalue weighted by Gasteiger charge is -2.29. The Morgan fingerprint density at radius 2 is 1.39 bits per heavy atom. The maximum atomic E-state index is 11.1. The van der Waals surface area contributed by atoms with Gasteiger partial charge in [0.15, 0.2) is 0 Å². The number of hydrogen-bond acceptors (Lipinski definition) is 8. The molecule has 0 unspecified atom stereocenters. The maximum absolute atomic E-state index is 11.1. The van der Waals surface area contributed by atoms with E-state index in [2.05, 4.69) is 6.58 Å². The Morgan fingerprint density at radius 3 is 1.89 bits per heavy atom. The molecule has 0 saturated heterocycles. The van der Waals surface area contributed by atoms with Crippen molar-refractivity contribution < 1.29 is 41.2 Å². The van der Waals surface area contributed by atoms with Crippen LogP contribution in [0, 0.1) is 0 Å². The highest BCUT2D eigenvalue weighted by molar-refractivity contribution is 7.85. The van der Waals surface area contributed by atoms with Crippen molar-refractivity contribution in [3.8, 4) is 0 Å². The normalized spacial score (nSPS) is 12.1. The third kappa shape index (κ3) is 18.3. The van der Waals surface area contributed by atoms with Crippen LogP contribution in [0.2, 0.25) is 0 Å². The number of carbonyl (C=O) groups excluding carboxylic acids is 1. The summed E-state index contributed by atoms with van der Waals surface area (Å²) in [5.41, 5.74) is 0.361. The Bertz CT molecular complexity index is 548. The number of rotatable bonds is 18. The number of likely N-dealkylation sites (N-methyl/N-ethyl adjacent to an activating group) is 1. The fourth-order valence-electron chi connectivity index (χ4n) is 2.10. The molecule has 0 N–H and O–H groups in total. The molecule has 0 rings (SSSR count). The quantitative estimate of drug-likeness (QED) is 0.103. The molecule has 0 spiro atoms. The van der Waals surface area contributed by atoms with Crippen LogP contribution in [0.25, 0.3) is 0 Å². The standard InChI is InChI=1S/C18H35NO8S/c1-17(2)18(20)27-15-14-26-13-12-25-11-10-24-9-8-19(3,4)7-5-6-16-28(21,22)23/h1,5-16H2,2-4H3. The summed E-state index contributed by atoms with van der Waals surface area (Å²) in [6, 6.07) is 0. The molecule has 0 aliphatic rings. The van der Waals surface area contributed by atoms with Gasteiger partial charge in [-0.3, -0.25) is 0 Å². The van der Waals surface area contributed by atoms with Gasteiger partial charge >= 0.3 is 5.97 Å². The van der Waals surface area contributed by atoms with E-state index in [-0.39, 0.29) is 12.4 Å². The lowest BCUT2D eigenvalue weighted by molar-refractivity contribution is -0.890. The average molecular weight is 426 g/mol. The number of esters is 1. The molecule has 0 bridgehead atoms. The van der Waals surface area contributed by atoms with Gasteiger partial charge in [0, 0.05) is 11.3 Å². The van der Waals surface area contributed by atoms with Gasteiger partial charge < -0.3 is 28.0 Å². The molecule has 0 aromatic carbocycles. The molecule has 0 aliphatic heterocycles. The van der Waals surface area contributed by atoms with Gasteiger partial charge in [-0.25, -0.2) is 13.2 Å². The third-order valence-corrected chi connectivity index (χ3v) is 4.59. The Hall–Kier alpha value is -1.04. The zero-order chi connectivity index (χ0) is 21.5. The number of quaternary nitrogens is 1. The molecule has 166 valence electrons. The molecular formula is C18H35NO8S. The van der Waals surface area contributed by atoms with E-state index in [1.807, 2.05) is 14.1 Å². The van der Waals surface area contributed by atoms with Crippen molar-refractivity contribution in [2.45, 2.75) is 19.8 Å². The Balaban J connectivity index is 3.44. The van der Waals surface area contributed by atoms with Crippen LogP contribution in [-0.4, -0.2) is 103 Å². The molecule has 0 fully saturated rings. The highest BCUT2D eigenvalue weighted by Gasteiger charge is 2.14. The maximum Gasteiger partial charge on any atom is 0.333 e. The van der Waals surface area contributed by atoms with Crippen LogP contribution in [-0.2, 0) is 33.9 Å². The molecule has 0 heterocycles. The first-order valence-electron chi connectivity index (χ1n) is 9.35. The van der Waals surface area contributed by atoms with Crippen molar-refractivity contribution in [2.24, 2.45) is 0 Å². The fourth-order valence-corrected chi connectivity index (χ4v) is 2.66. The zero-order valence-corrected chi connectivity index (χ0v) is 18.1. The Kier molecular flexibility index (Phi) is 14.3. The second kappa shape index (κ2) is 14.9. The summed E-state index contributed by atoms with van der Waals surface area (Å²) in [4.78, 5) is 11.1. The molecular weight excluding hydrogens is 390 g/mol. The van der Waals surface area contributed by atoms with Gasteiger partial charge in [0.25, 0.3) is 0 Å². The van der Waals surface area contributed by atoms with Gasteiger partial charge in [-0.05, 0) is 19.8 Å². The third-order valence-electron chi connectivity index (χ3n) is 3.80. The van der Waals surface area contributed by atoms with Crippen molar-refractivity contribution in [3.05, 3.63) is 12.2 Å². The molecule has 0 saturated carbocycles. The van der Waals surface area contributed by atoms with E-state index < -0.39 is 16.1 Å². The molecule has 0 aromatic rings. The van der Waals surface area contributed by atoms with Crippen LogP contribution in [0.5, 0.6) is 0 Å². The summed E-state index contributed by atoms with van der Waals surface area (Å²) >= 11 is 0. The first kappa shape index (κ1) is 27.0. The predicted molar refractivity (Wildman–Crippen MR) is 104 cm³/mol. The van der Waals surface area contributed by atoms with Gasteiger partial charge in [-0.15, -0.1) is 0 Å². The molecule has 0 atom stereocenters. The number of hydrogen-bond donors (Lipinski definition) is 0. The molecule has 28 heavy (non-hydrogen) atoms. The number of ether oxygens (including phenoxy) is 4. The van der Waals surface area contributed by atoms with E-state index in [1.165, 1.54) is 0 Å². The molecule has 10 heteroatoms. The monoisotopic (exact) mass is 425 g/mol. The van der Waals surface area contributed by atoms with Gasteiger partial charge in [0.2, 0.25) is 0 Å². The smallest absolute Gasteiger partial charge is 0.333 e. The van der Waals surface area contributed by atoms with Crippen molar-refractivity contribution in [2.75, 3.05) is 79.2 Å². The number of nitrogens with zero attached hydrogens (tertiary/aromatic N) is 1. The summed E-state index contributed by atoms with van der Waals surface area (Å²) in [5.74, 6) is -0.723. The van der Waals surface area contributed by atoms with Gasteiger partial charge in [0.05, 0.1) is 70.4 Å². The highest BCUT2D eigenvalue weighted by Crippen LogP contribution is 2.03. The second-order valence-corrected chi connectivity index (χ2v) is 8.63. The summed E-state index contributed by atoms with van der Waals surface area (Å²) in [7, 11) is -0.0383. The van der Waals surface area contributed by atoms with Gasteiger partial charge in [0.1, 0.15) is 13.2 Å². The molecule has 9 nitrogen and oxygen atoms in total. The largest absolute Gasteiger partial charge is 0.748 e. The minimum atomic E-state index is -4.11. The molecule has 0 radical (unpaired) electrons. The number of unbranched alkanes of at least 4 members (excludes halogenated alkanes) is 1. The van der Waals surface area contributed by atoms with Crippen molar-refractivity contribution in [1.82, 2.24) is 0 Å². The van der Waals surface area contributed by atoms with E-state index in [9.17, 15) is 17.8 Å². The van der Waals surface area contributed by atoms with Crippen LogP contribution in [0.1, 0.15) is 19.8 Å². The fraction of sp³-hybridized carbons (Fsp3) is 0.833. The summed E-state index contributed by atoms with van der Waals surface area (Å²) in [5, 5.41) is 0. The van der Waals surface area contributed by atoms with Crippen LogP contribution in [0.4, 0.5) is 0 Å². The van der Waals surface area contributed by atoms with E-state index in [0.717, 1.165) is 13.1 Å². The molecule has 0 aliphatic carbocycles. The first-order valence-corrected chi connectivity index (χ1v) is 10.9. The topological polar surface area (TPSA) is 111 Å². The highest BCUT2D eigenvalue weighted by atomic mass is 32.2. The Labute approximate surface area is 168 Å². The minimum Gasteiger partial charge on any atom is -0.748 e. The molecule has 0 aromatic heterocycles. The van der Waals surface area contributed by atoms with E-state index in [0.29, 0.717) is 62.5 Å². The summed E-state index contributed by atoms with van der Waals surface area (Å²) < 4.78 is 53.5. The summed E-state index contributed by atoms with van der Waals surface area (Å²) in [6.07, 6.45) is 1.07. The van der Waals surface area contributed by atoms with Crippen molar-refractivity contribution >= 4 is 16.1 Å². The zero-order valence-electron chi connectivity index (χ0n) is 17.3. The van der Waals surface area contributed by atoms with Crippen LogP contribution < -0.4 is 0 Å². The molecule has 0 amide bonds. The van der Waals surface area contributed by atoms with E-state index >= 15 is 0 Å². The Morgan fingerprint density at radius 1 is 0.893 bits per heavy atom. The van der Waals surface area contributed by atoms with Crippen molar-refractivity contribution in [3.63, 3.8) is 0 Å². The van der Waals surface area contributed by atoms with Gasteiger partial charge in [-0.1, -0.05) is 6.58 Å². The van der Waals surface area contributed by atoms with E-state index in [4.69, 9.17) is 18.9 Å². The van der Waals surface area contributed by atoms with Crippen LogP contribution in [0.15, 0.2) is 12.2 Å². The average Bonchev–Trinajstić information content (AvgIpc) is 2.58. The van der Waals surface area contributed by atoms with Crippen LogP contribution >= 0.6 is 0 Å². The predicted octanol–water partition coefficient (Wildman–Crippen LogP) is 0.557. The summed E-state index contributed by atoms with van der Waals surface area (Å²) in [6.45, 7) is 9.50. The number of carbonyl (C=O) groups is 1. The van der Waals surface area contributed by atoms with Crippen LogP contribution in [0.3, 0.4) is 0 Å². The second-order valence-electron chi connectivity index (χ2n) is 7.11. The van der Waals surface area contributed by atoms with E-state index in [1.54, 1.807) is 6.92 Å². The minimum absolute atomic E-state index is 0.190. The van der Waals surface area contributed by atoms with Gasteiger partial charge in [-0.2, -0.15) is 0 Å². The SMILES string of the molecule is C=C(C)C(=O)OCCOCCOCCOCC[N+](C)(C)CCCCS(=O)(=O)[O-]. The lowest BCUT2D eigenvalue weighted by Crippen LogP contribution is -2.43. The van der Waals surface area contributed by atoms with Crippen molar-refractivity contribution in [1.29, 1.82) is 0 Å². The first-order chi connectivity index (χ1) is 13.0. The lowest BCUT2D eigenvalue weighted by atomic mass is 10.3.